The highest BCUT2D eigenvalue weighted by Gasteiger charge is 2.31. The largest absolute Gasteiger partial charge is 0.396 e. The van der Waals surface area contributed by atoms with E-state index in [9.17, 15) is 9.90 Å². The van der Waals surface area contributed by atoms with Crippen molar-refractivity contribution in [2.45, 2.75) is 82.3 Å². The molecule has 0 radical (unpaired) electrons. The van der Waals surface area contributed by atoms with Gasteiger partial charge in [0.2, 0.25) is 0 Å². The molecule has 4 aromatic rings. The van der Waals surface area contributed by atoms with E-state index >= 15 is 4.39 Å². The van der Waals surface area contributed by atoms with Crippen LogP contribution in [0.1, 0.15) is 75.0 Å². The van der Waals surface area contributed by atoms with Crippen LogP contribution in [0.5, 0.6) is 0 Å². The lowest BCUT2D eigenvalue weighted by Gasteiger charge is -2.42. The summed E-state index contributed by atoms with van der Waals surface area (Å²) in [5, 5.41) is 18.1. The normalized spacial score (nSPS) is 19.2. The number of hydrogen-bond acceptors (Lipinski definition) is 7. The Labute approximate surface area is 289 Å². The van der Waals surface area contributed by atoms with E-state index in [0.29, 0.717) is 39.9 Å². The van der Waals surface area contributed by atoms with E-state index in [1.54, 1.807) is 18.3 Å². The molecule has 1 saturated carbocycles. The van der Waals surface area contributed by atoms with Gasteiger partial charge in [-0.3, -0.25) is 14.9 Å². The second kappa shape index (κ2) is 15.6. The first kappa shape index (κ1) is 34.6. The number of nitrogens with one attached hydrogen (secondary N) is 2. The van der Waals surface area contributed by atoms with Crippen LogP contribution in [0, 0.1) is 17.1 Å². The van der Waals surface area contributed by atoms with E-state index in [4.69, 9.17) is 28.5 Å². The van der Waals surface area contributed by atoms with E-state index in [2.05, 4.69) is 27.0 Å². The molecule has 1 saturated heterocycles. The van der Waals surface area contributed by atoms with Crippen LogP contribution in [0.3, 0.4) is 0 Å². The number of nitrogens with zero attached hydrogens (tertiary/aromatic N) is 3. The van der Waals surface area contributed by atoms with Gasteiger partial charge < -0.3 is 21.6 Å². The topological polar surface area (TPSA) is 150 Å². The monoisotopic (exact) mass is 693 g/mol. The smallest absolute Gasteiger partial charge is 0.354 e. The Morgan fingerprint density at radius 2 is 1.96 bits per heavy atom. The molecule has 256 valence electrons. The van der Waals surface area contributed by atoms with Gasteiger partial charge in [-0.2, -0.15) is 4.98 Å². The van der Waals surface area contributed by atoms with Crippen molar-refractivity contribution >= 4 is 39.6 Å². The maximum absolute atomic E-state index is 15.3. The van der Waals surface area contributed by atoms with Gasteiger partial charge in [-0.25, -0.2) is 9.18 Å². The van der Waals surface area contributed by atoms with Crippen molar-refractivity contribution in [1.82, 2.24) is 19.4 Å². The summed E-state index contributed by atoms with van der Waals surface area (Å²) in [4.78, 5) is 23.1. The fourth-order valence-electron chi connectivity index (χ4n) is 7.19. The molecular weight excluding hydrogens is 649 g/mol. The van der Waals surface area contributed by atoms with E-state index in [0.717, 1.165) is 74.8 Å². The first-order valence-corrected chi connectivity index (χ1v) is 18.4. The summed E-state index contributed by atoms with van der Waals surface area (Å²) in [6, 6.07) is 14.0. The quantitative estimate of drug-likeness (QED) is 0.0573. The minimum atomic E-state index is -0.511. The minimum absolute atomic E-state index is 0.0643. The fraction of sp³-hybridized carbons (Fsp3) is 0.472. The molecule has 48 heavy (non-hydrogen) atoms. The van der Waals surface area contributed by atoms with Crippen LogP contribution in [-0.2, 0) is 6.42 Å². The first-order valence-electron chi connectivity index (χ1n) is 17.0. The van der Waals surface area contributed by atoms with E-state index in [-0.39, 0.29) is 28.9 Å². The highest BCUT2D eigenvalue weighted by atomic mass is 35.5. The molecule has 2 aromatic heterocycles. The summed E-state index contributed by atoms with van der Waals surface area (Å²) in [5.41, 5.74) is 15.4. The second-order valence-electron chi connectivity index (χ2n) is 13.2. The number of aryl methyl sites for hydroxylation is 1. The molecule has 0 bridgehead atoms. The van der Waals surface area contributed by atoms with E-state index < -0.39 is 11.5 Å². The van der Waals surface area contributed by atoms with Crippen molar-refractivity contribution in [3.8, 4) is 16.9 Å². The SMILES string of the molecule is N=C(N)SCCCN1[C@H](CCO)CCC[C@H]1c1ccc(-n2cc3cc(-c4cc(CCCC(N)C5CC5)cc(Cl)c4F)[nH]c3nc2=O)cc1. The first-order chi connectivity index (χ1) is 23.2. The zero-order valence-corrected chi connectivity index (χ0v) is 28.7. The summed E-state index contributed by atoms with van der Waals surface area (Å²) in [5.74, 6) is 0.918. The Kier molecular flexibility index (Phi) is 11.2. The molecule has 0 amide bonds. The molecule has 3 heterocycles. The molecule has 6 rings (SSSR count). The van der Waals surface area contributed by atoms with Crippen molar-refractivity contribution in [3.05, 3.63) is 81.1 Å². The molecular formula is C36H45ClFN7O2S. The van der Waals surface area contributed by atoms with Gasteiger partial charge in [-0.15, -0.1) is 0 Å². The zero-order chi connectivity index (χ0) is 33.8. The van der Waals surface area contributed by atoms with Crippen LogP contribution in [0.2, 0.25) is 5.02 Å². The molecule has 1 unspecified atom stereocenters. The van der Waals surface area contributed by atoms with Crippen LogP contribution in [0.4, 0.5) is 4.39 Å². The average Bonchev–Trinajstić information content (AvgIpc) is 3.85. The molecule has 1 aliphatic heterocycles. The van der Waals surface area contributed by atoms with Gasteiger partial charge in [0.15, 0.2) is 11.0 Å². The van der Waals surface area contributed by atoms with Gasteiger partial charge in [-0.1, -0.05) is 35.5 Å². The minimum Gasteiger partial charge on any atom is -0.396 e. The number of aromatic nitrogens is 3. The summed E-state index contributed by atoms with van der Waals surface area (Å²) in [6.07, 6.45) is 11.5. The number of rotatable bonds is 14. The third-order valence-electron chi connectivity index (χ3n) is 9.84. The molecule has 0 spiro atoms. The van der Waals surface area contributed by atoms with Crippen molar-refractivity contribution in [2.75, 3.05) is 18.9 Å². The third-order valence-corrected chi connectivity index (χ3v) is 10.9. The number of piperidine rings is 1. The molecule has 12 heteroatoms. The Bertz CT molecular complexity index is 1790. The Hall–Kier alpha value is -3.22. The number of aliphatic hydroxyl groups is 1. The van der Waals surface area contributed by atoms with E-state index in [1.807, 2.05) is 18.2 Å². The molecule has 2 aromatic carbocycles. The number of halogens is 2. The number of H-pyrrole nitrogens is 1. The van der Waals surface area contributed by atoms with Gasteiger partial charge in [0.25, 0.3) is 0 Å². The predicted molar refractivity (Wildman–Crippen MR) is 194 cm³/mol. The highest BCUT2D eigenvalue weighted by Crippen LogP contribution is 2.37. The average molecular weight is 694 g/mol. The van der Waals surface area contributed by atoms with Crippen molar-refractivity contribution < 1.29 is 9.50 Å². The Morgan fingerprint density at radius 1 is 1.17 bits per heavy atom. The summed E-state index contributed by atoms with van der Waals surface area (Å²) in [6.45, 7) is 1.01. The van der Waals surface area contributed by atoms with Gasteiger partial charge in [0.1, 0.15) is 5.65 Å². The standard InChI is InChI=1S/C36H45ClFN7O2S/c37-29-19-22(4-1-6-30(39)23-8-9-23)18-28(33(29)38)31-20-25-21-45(36(47)43-34(25)42-31)27-12-10-24(11-13-27)32-7-2-5-26(14-16-46)44(32)15-3-17-48-35(40)41/h10-13,18-21,23,26,30,32,46H,1-9,14-17,39H2,(H3,40,41)(H,42,43,47)/t26-,30?,32-/m0/s1. The fourth-order valence-corrected chi connectivity index (χ4v) is 7.92. The summed E-state index contributed by atoms with van der Waals surface area (Å²) < 4.78 is 16.8. The lowest BCUT2D eigenvalue weighted by atomic mass is 9.89. The van der Waals surface area contributed by atoms with Crippen LogP contribution in [0.25, 0.3) is 28.0 Å². The number of aromatic amines is 1. The number of amidine groups is 1. The molecule has 3 atom stereocenters. The Balaban J connectivity index is 1.21. The highest BCUT2D eigenvalue weighted by molar-refractivity contribution is 8.13. The van der Waals surface area contributed by atoms with Gasteiger partial charge >= 0.3 is 5.69 Å². The number of thioether (sulfide) groups is 1. The maximum Gasteiger partial charge on any atom is 0.354 e. The van der Waals surface area contributed by atoms with Crippen LogP contribution in [0.15, 0.2) is 53.5 Å². The molecule has 7 N–H and O–H groups in total. The lowest BCUT2D eigenvalue weighted by Crippen LogP contribution is -2.43. The van der Waals surface area contributed by atoms with Crippen LogP contribution < -0.4 is 17.2 Å². The van der Waals surface area contributed by atoms with Gasteiger partial charge in [0.05, 0.1) is 16.4 Å². The number of nitrogens with two attached hydrogens (primary N) is 2. The van der Waals surface area contributed by atoms with Crippen LogP contribution in [-0.4, -0.2) is 60.7 Å². The number of hydrogen-bond donors (Lipinski definition) is 5. The molecule has 2 aliphatic rings. The van der Waals surface area contributed by atoms with Crippen molar-refractivity contribution in [2.24, 2.45) is 17.4 Å². The van der Waals surface area contributed by atoms with Crippen LogP contribution >= 0.6 is 23.4 Å². The second-order valence-corrected chi connectivity index (χ2v) is 14.8. The molecule has 1 aliphatic carbocycles. The molecule has 2 fully saturated rings. The molecule has 9 nitrogen and oxygen atoms in total. The van der Waals surface area contributed by atoms with Crippen molar-refractivity contribution in [3.63, 3.8) is 0 Å². The van der Waals surface area contributed by atoms with E-state index in [1.165, 1.54) is 29.2 Å². The Morgan fingerprint density at radius 3 is 2.69 bits per heavy atom. The van der Waals surface area contributed by atoms with Gasteiger partial charge in [0, 0.05) is 47.6 Å². The predicted octanol–water partition coefficient (Wildman–Crippen LogP) is 6.53. The zero-order valence-electron chi connectivity index (χ0n) is 27.1. The number of fused-ring (bicyclic) bond motifs is 1. The number of likely N-dealkylation sites (tertiary alicyclic amines) is 1. The maximum atomic E-state index is 15.3. The van der Waals surface area contributed by atoms with Crippen molar-refractivity contribution in [1.29, 1.82) is 5.41 Å². The van der Waals surface area contributed by atoms with Gasteiger partial charge in [-0.05, 0) is 118 Å². The number of aliphatic hydroxyl groups excluding tert-OH is 1. The lowest BCUT2D eigenvalue weighted by molar-refractivity contribution is 0.0654. The number of benzene rings is 2. The summed E-state index contributed by atoms with van der Waals surface area (Å²) in [7, 11) is 0. The summed E-state index contributed by atoms with van der Waals surface area (Å²) >= 11 is 7.69. The third kappa shape index (κ3) is 8.14.